The van der Waals surface area contributed by atoms with Crippen LogP contribution < -0.4 is 21.7 Å². The molecule has 0 unspecified atom stereocenters. The van der Waals surface area contributed by atoms with Gasteiger partial charge in [0, 0.05) is 60.6 Å². The number of alkyl halides is 3. The van der Waals surface area contributed by atoms with Gasteiger partial charge < -0.3 is 21.7 Å². The molecule has 0 saturated heterocycles. The number of benzene rings is 1. The van der Waals surface area contributed by atoms with E-state index in [1.54, 1.807) is 42.9 Å². The molecule has 0 bridgehead atoms. The Bertz CT molecular complexity index is 1860. The molecular weight excluding hydrogens is 683 g/mol. The number of halogens is 4. The van der Waals surface area contributed by atoms with Gasteiger partial charge in [-0.25, -0.2) is 9.97 Å². The van der Waals surface area contributed by atoms with Crippen LogP contribution in [-0.4, -0.2) is 78.7 Å². The number of carbonyl (C=O) groups excluding carboxylic acids is 1. The first-order chi connectivity index (χ1) is 24.7. The summed E-state index contributed by atoms with van der Waals surface area (Å²) in [6, 6.07) is 8.77. The number of anilines is 2. The lowest BCUT2D eigenvalue weighted by Crippen LogP contribution is -2.27. The highest BCUT2D eigenvalue weighted by Crippen LogP contribution is 2.37. The van der Waals surface area contributed by atoms with E-state index in [4.69, 9.17) is 17.5 Å². The van der Waals surface area contributed by atoms with Crippen molar-refractivity contribution in [3.05, 3.63) is 89.9 Å². The van der Waals surface area contributed by atoms with Gasteiger partial charge in [-0.3, -0.25) is 23.3 Å². The summed E-state index contributed by atoms with van der Waals surface area (Å²) < 4.78 is 46.5. The van der Waals surface area contributed by atoms with Crippen molar-refractivity contribution >= 4 is 34.8 Å². The Morgan fingerprint density at radius 2 is 1.76 bits per heavy atom. The topological polar surface area (TPSA) is 143 Å². The second-order valence-electron chi connectivity index (χ2n) is 12.0. The summed E-state index contributed by atoms with van der Waals surface area (Å²) in [5.41, 5.74) is 7.50. The Labute approximate surface area is 299 Å². The number of aromatic nitrogens is 6. The monoisotopic (exact) mass is 725 g/mol. The molecule has 5 aromatic rings. The predicted molar refractivity (Wildman–Crippen MR) is 192 cm³/mol. The van der Waals surface area contributed by atoms with Gasteiger partial charge in [0.25, 0.3) is 5.91 Å². The van der Waals surface area contributed by atoms with Crippen molar-refractivity contribution < 1.29 is 18.0 Å². The van der Waals surface area contributed by atoms with Gasteiger partial charge in [0.2, 0.25) is 0 Å². The van der Waals surface area contributed by atoms with Crippen LogP contribution in [0.25, 0.3) is 16.9 Å². The first-order valence-electron chi connectivity index (χ1n) is 17.0. The zero-order valence-corrected chi connectivity index (χ0v) is 29.2. The minimum atomic E-state index is -4.69. The molecule has 0 spiro atoms. The maximum Gasteiger partial charge on any atom is 0.435 e. The third-order valence-electron chi connectivity index (χ3n) is 8.22. The van der Waals surface area contributed by atoms with Gasteiger partial charge in [0.1, 0.15) is 0 Å². The molecule has 0 atom stereocenters. The number of nitrogens with two attached hydrogens (primary N) is 1. The van der Waals surface area contributed by atoms with Gasteiger partial charge in [-0.05, 0) is 100 Å². The molecule has 0 saturated carbocycles. The number of unbranched alkanes of at least 4 members (excludes halogenated alkanes) is 1. The number of nitrogens with zero attached hydrogens (tertiary/aromatic N) is 7. The third-order valence-corrected chi connectivity index (χ3v) is 8.55. The Kier molecular flexibility index (Phi) is 13.4. The quantitative estimate of drug-likeness (QED) is 0.0627. The molecule has 0 aliphatic rings. The standard InChI is InChI=1S/C35H43ClF3N11O/c1-2-26-20-27(9-10-28(26)34(51)50(36)18-7-16-42-13-4-3-12-41-15-6-11-40)46-32-33-45-22-30(49(33)19-17-44-32)29-24-48(47-31(29)35(37,38)39)23-25-8-5-14-43-21-25/h5,8-10,14,17,19-22,24,41-42H,2-4,6-7,11-13,15-16,18,23,40H2,1H3,(H,44,46). The summed E-state index contributed by atoms with van der Waals surface area (Å²) >= 11 is 6.41. The van der Waals surface area contributed by atoms with E-state index in [9.17, 15) is 18.0 Å². The van der Waals surface area contributed by atoms with Crippen LogP contribution in [0.1, 0.15) is 59.8 Å². The number of aryl methyl sites for hydroxylation is 1. The zero-order valence-electron chi connectivity index (χ0n) is 28.5. The lowest BCUT2D eigenvalue weighted by atomic mass is 10.0. The van der Waals surface area contributed by atoms with E-state index in [0.717, 1.165) is 51.0 Å². The molecule has 51 heavy (non-hydrogen) atoms. The van der Waals surface area contributed by atoms with E-state index in [0.29, 0.717) is 54.2 Å². The Morgan fingerprint density at radius 3 is 2.47 bits per heavy atom. The number of amides is 1. The molecule has 0 aliphatic carbocycles. The molecule has 4 heterocycles. The van der Waals surface area contributed by atoms with Crippen molar-refractivity contribution in [1.29, 1.82) is 0 Å². The average Bonchev–Trinajstić information content (AvgIpc) is 3.76. The van der Waals surface area contributed by atoms with Crippen LogP contribution in [0.4, 0.5) is 24.7 Å². The first-order valence-corrected chi connectivity index (χ1v) is 17.4. The second-order valence-corrected chi connectivity index (χ2v) is 12.4. The summed E-state index contributed by atoms with van der Waals surface area (Å²) in [5.74, 6) is 0.0433. The maximum atomic E-state index is 14.2. The smallest absolute Gasteiger partial charge is 0.337 e. The minimum Gasteiger partial charge on any atom is -0.337 e. The van der Waals surface area contributed by atoms with Crippen molar-refractivity contribution in [1.82, 2.24) is 44.2 Å². The second kappa shape index (κ2) is 18.1. The van der Waals surface area contributed by atoms with Crippen molar-refractivity contribution in [2.75, 3.05) is 44.6 Å². The molecule has 5 rings (SSSR count). The summed E-state index contributed by atoms with van der Waals surface area (Å²) in [4.78, 5) is 26.1. The minimum absolute atomic E-state index is 0.115. The van der Waals surface area contributed by atoms with Crippen molar-refractivity contribution in [2.24, 2.45) is 5.73 Å². The highest BCUT2D eigenvalue weighted by Gasteiger charge is 2.38. The highest BCUT2D eigenvalue weighted by molar-refractivity contribution is 6.24. The predicted octanol–water partition coefficient (Wildman–Crippen LogP) is 5.66. The molecule has 4 aromatic heterocycles. The first kappa shape index (κ1) is 37.7. The SMILES string of the molecule is CCc1cc(Nc2nccn3c(-c4cn(Cc5cccnc5)nc4C(F)(F)F)cnc23)ccc1C(=O)N(Cl)CCCNCCCCNCCCN. The number of imidazole rings is 1. The molecule has 1 amide bonds. The van der Waals surface area contributed by atoms with E-state index >= 15 is 0 Å². The van der Waals surface area contributed by atoms with Crippen molar-refractivity contribution in [3.8, 4) is 11.3 Å². The normalized spacial score (nSPS) is 11.7. The molecule has 0 radical (unpaired) electrons. The third kappa shape index (κ3) is 10.0. The van der Waals surface area contributed by atoms with E-state index < -0.39 is 11.9 Å². The lowest BCUT2D eigenvalue weighted by molar-refractivity contribution is -0.141. The fourth-order valence-electron chi connectivity index (χ4n) is 5.65. The van der Waals surface area contributed by atoms with Crippen LogP contribution in [0, 0.1) is 0 Å². The van der Waals surface area contributed by atoms with Crippen molar-refractivity contribution in [3.63, 3.8) is 0 Å². The van der Waals surface area contributed by atoms with Crippen LogP contribution in [0.2, 0.25) is 0 Å². The van der Waals surface area contributed by atoms with Crippen molar-refractivity contribution in [2.45, 2.75) is 51.7 Å². The van der Waals surface area contributed by atoms with Crippen LogP contribution in [-0.2, 0) is 19.1 Å². The largest absolute Gasteiger partial charge is 0.435 e. The van der Waals surface area contributed by atoms with Gasteiger partial charge in [0.05, 0.1) is 24.0 Å². The van der Waals surface area contributed by atoms with Gasteiger partial charge in [-0.15, -0.1) is 0 Å². The molecule has 16 heteroatoms. The molecule has 0 fully saturated rings. The molecular formula is C35H43ClF3N11O. The van der Waals surface area contributed by atoms with Gasteiger partial charge in [-0.2, -0.15) is 18.3 Å². The number of rotatable bonds is 19. The Morgan fingerprint density at radius 1 is 1.00 bits per heavy atom. The molecule has 0 aliphatic heterocycles. The van der Waals surface area contributed by atoms with Crippen LogP contribution >= 0.6 is 11.8 Å². The highest BCUT2D eigenvalue weighted by atomic mass is 35.5. The van der Waals surface area contributed by atoms with E-state index in [2.05, 4.69) is 36.0 Å². The van der Waals surface area contributed by atoms with E-state index in [1.807, 2.05) is 13.0 Å². The van der Waals surface area contributed by atoms with E-state index in [-0.39, 0.29) is 23.7 Å². The molecule has 1 aromatic carbocycles. The van der Waals surface area contributed by atoms with Gasteiger partial charge >= 0.3 is 6.18 Å². The fourth-order valence-corrected chi connectivity index (χ4v) is 5.86. The Balaban J connectivity index is 1.23. The number of hydrogen-bond acceptors (Lipinski definition) is 9. The molecule has 12 nitrogen and oxygen atoms in total. The fraction of sp³-hybridized carbons (Fsp3) is 0.400. The maximum absolute atomic E-state index is 14.2. The number of pyridine rings is 1. The summed E-state index contributed by atoms with van der Waals surface area (Å²) in [5, 5.41) is 13.9. The number of carbonyl (C=O) groups is 1. The summed E-state index contributed by atoms with van der Waals surface area (Å²) in [6.45, 7) is 6.73. The molecule has 272 valence electrons. The average molecular weight is 726 g/mol. The van der Waals surface area contributed by atoms with Gasteiger partial charge in [-0.1, -0.05) is 13.0 Å². The molecule has 5 N–H and O–H groups in total. The van der Waals surface area contributed by atoms with Gasteiger partial charge in [0.15, 0.2) is 17.2 Å². The van der Waals surface area contributed by atoms with Crippen LogP contribution in [0.3, 0.4) is 0 Å². The van der Waals surface area contributed by atoms with Crippen LogP contribution in [0.5, 0.6) is 0 Å². The van der Waals surface area contributed by atoms with E-state index in [1.165, 1.54) is 32.1 Å². The zero-order chi connectivity index (χ0) is 36.2. The number of hydrogen-bond donors (Lipinski definition) is 4. The summed E-state index contributed by atoms with van der Waals surface area (Å²) in [6.07, 6.45) is 8.65. The Hall–Kier alpha value is -4.57. The number of fused-ring (bicyclic) bond motifs is 1. The summed E-state index contributed by atoms with van der Waals surface area (Å²) in [7, 11) is 0. The van der Waals surface area contributed by atoms with Crippen LogP contribution in [0.15, 0.2) is 67.5 Å². The number of nitrogens with one attached hydrogen (secondary N) is 3. The lowest BCUT2D eigenvalue weighted by Gasteiger charge is -2.17.